The van der Waals surface area contributed by atoms with Crippen LogP contribution >= 0.6 is 12.4 Å². The van der Waals surface area contributed by atoms with E-state index >= 15 is 0 Å². The highest BCUT2D eigenvalue weighted by molar-refractivity contribution is 5.85. The smallest absolute Gasteiger partial charge is 0.137 e. The number of halogens is 1. The number of nitrogens with zero attached hydrogens (tertiary/aromatic N) is 3. The maximum Gasteiger partial charge on any atom is 0.137 e. The summed E-state index contributed by atoms with van der Waals surface area (Å²) in [5.41, 5.74) is 3.59. The van der Waals surface area contributed by atoms with Gasteiger partial charge in [0.1, 0.15) is 5.65 Å². The van der Waals surface area contributed by atoms with E-state index in [1.165, 1.54) is 11.3 Å². The first kappa shape index (κ1) is 14.3. The Balaban J connectivity index is 0.00000133. The average Bonchev–Trinajstić information content (AvgIpc) is 2.72. The van der Waals surface area contributed by atoms with Crippen LogP contribution in [-0.2, 0) is 6.54 Å². The zero-order valence-corrected chi connectivity index (χ0v) is 12.3. The van der Waals surface area contributed by atoms with Gasteiger partial charge in [-0.15, -0.1) is 12.4 Å². The van der Waals surface area contributed by atoms with Crippen LogP contribution in [0, 0.1) is 6.92 Å². The molecule has 0 aromatic carbocycles. The molecule has 2 aromatic heterocycles. The van der Waals surface area contributed by atoms with Gasteiger partial charge in [0, 0.05) is 38.4 Å². The summed E-state index contributed by atoms with van der Waals surface area (Å²) in [5, 5.41) is 3.47. The van der Waals surface area contributed by atoms with Crippen LogP contribution in [0.5, 0.6) is 0 Å². The Labute approximate surface area is 120 Å². The molecule has 1 aliphatic rings. The summed E-state index contributed by atoms with van der Waals surface area (Å²) in [6.07, 6.45) is 4.13. The highest BCUT2D eigenvalue weighted by Gasteiger charge is 2.16. The molecule has 5 heteroatoms. The van der Waals surface area contributed by atoms with Crippen molar-refractivity contribution in [3.8, 4) is 0 Å². The number of imidazole rings is 1. The first-order valence-electron chi connectivity index (χ1n) is 6.61. The molecule has 0 saturated carbocycles. The van der Waals surface area contributed by atoms with Crippen molar-refractivity contribution in [2.45, 2.75) is 26.4 Å². The number of hydrogen-bond acceptors (Lipinski definition) is 3. The lowest BCUT2D eigenvalue weighted by Crippen LogP contribution is -2.48. The summed E-state index contributed by atoms with van der Waals surface area (Å²) >= 11 is 0. The van der Waals surface area contributed by atoms with Crippen LogP contribution in [-0.4, -0.2) is 40.0 Å². The summed E-state index contributed by atoms with van der Waals surface area (Å²) in [4.78, 5) is 6.98. The zero-order valence-electron chi connectivity index (χ0n) is 11.5. The summed E-state index contributed by atoms with van der Waals surface area (Å²) in [6.45, 7) is 8.63. The number of nitrogens with one attached hydrogen (secondary N) is 1. The molecule has 0 aliphatic carbocycles. The second kappa shape index (κ2) is 5.90. The predicted octanol–water partition coefficient (Wildman–Crippen LogP) is 1.86. The molecule has 1 atom stereocenters. The van der Waals surface area contributed by atoms with Crippen molar-refractivity contribution in [3.05, 3.63) is 35.8 Å². The van der Waals surface area contributed by atoms with E-state index in [2.05, 4.69) is 51.8 Å². The molecule has 4 nitrogen and oxygen atoms in total. The van der Waals surface area contributed by atoms with Crippen LogP contribution < -0.4 is 5.32 Å². The molecule has 1 aliphatic heterocycles. The van der Waals surface area contributed by atoms with Crippen LogP contribution in [0.4, 0.5) is 0 Å². The first-order valence-corrected chi connectivity index (χ1v) is 6.61. The molecular formula is C14H21ClN4. The Morgan fingerprint density at radius 1 is 1.47 bits per heavy atom. The molecular weight excluding hydrogens is 260 g/mol. The van der Waals surface area contributed by atoms with Crippen LogP contribution in [0.3, 0.4) is 0 Å². The molecule has 0 radical (unpaired) electrons. The molecule has 1 fully saturated rings. The summed E-state index contributed by atoms with van der Waals surface area (Å²) in [5.74, 6) is 0. The maximum absolute atomic E-state index is 4.48. The van der Waals surface area contributed by atoms with Gasteiger partial charge in [-0.1, -0.05) is 0 Å². The van der Waals surface area contributed by atoms with Gasteiger partial charge in [0.05, 0.1) is 11.9 Å². The van der Waals surface area contributed by atoms with Gasteiger partial charge < -0.3 is 9.72 Å². The van der Waals surface area contributed by atoms with E-state index < -0.39 is 0 Å². The van der Waals surface area contributed by atoms with Gasteiger partial charge in [-0.05, 0) is 31.5 Å². The topological polar surface area (TPSA) is 32.6 Å². The van der Waals surface area contributed by atoms with Crippen LogP contribution in [0.25, 0.3) is 5.65 Å². The van der Waals surface area contributed by atoms with E-state index in [0.717, 1.165) is 31.8 Å². The first-order chi connectivity index (χ1) is 8.72. The Morgan fingerprint density at radius 3 is 3.11 bits per heavy atom. The van der Waals surface area contributed by atoms with Gasteiger partial charge in [-0.25, -0.2) is 4.98 Å². The summed E-state index contributed by atoms with van der Waals surface area (Å²) < 4.78 is 2.19. The number of aryl methyl sites for hydroxylation is 1. The van der Waals surface area contributed by atoms with Gasteiger partial charge in [-0.2, -0.15) is 0 Å². The number of piperazine rings is 1. The molecule has 0 bridgehead atoms. The van der Waals surface area contributed by atoms with Crippen molar-refractivity contribution >= 4 is 18.1 Å². The fourth-order valence-electron chi connectivity index (χ4n) is 2.64. The Morgan fingerprint density at radius 2 is 2.32 bits per heavy atom. The number of fused-ring (bicyclic) bond motifs is 1. The predicted molar refractivity (Wildman–Crippen MR) is 79.9 cm³/mol. The second-order valence-corrected chi connectivity index (χ2v) is 5.27. The monoisotopic (exact) mass is 280 g/mol. The van der Waals surface area contributed by atoms with Crippen LogP contribution in [0.1, 0.15) is 18.2 Å². The number of hydrogen-bond donors (Lipinski definition) is 1. The minimum absolute atomic E-state index is 0. The van der Waals surface area contributed by atoms with E-state index in [1.807, 2.05) is 6.20 Å². The number of pyridine rings is 1. The minimum Gasteiger partial charge on any atom is -0.312 e. The lowest BCUT2D eigenvalue weighted by molar-refractivity contribution is 0.197. The fourth-order valence-corrected chi connectivity index (χ4v) is 2.64. The Kier molecular flexibility index (Phi) is 4.45. The van der Waals surface area contributed by atoms with Gasteiger partial charge in [0.2, 0.25) is 0 Å². The molecule has 2 aromatic rings. The van der Waals surface area contributed by atoms with Crippen molar-refractivity contribution < 1.29 is 0 Å². The fraction of sp³-hybridized carbons (Fsp3) is 0.500. The molecule has 104 valence electrons. The third-order valence-corrected chi connectivity index (χ3v) is 3.58. The summed E-state index contributed by atoms with van der Waals surface area (Å²) in [7, 11) is 0. The van der Waals surface area contributed by atoms with Gasteiger partial charge >= 0.3 is 0 Å². The van der Waals surface area contributed by atoms with Crippen LogP contribution in [0.2, 0.25) is 0 Å². The third kappa shape index (κ3) is 3.08. The van der Waals surface area contributed by atoms with Gasteiger partial charge in [0.25, 0.3) is 0 Å². The number of rotatable bonds is 2. The zero-order chi connectivity index (χ0) is 12.5. The third-order valence-electron chi connectivity index (χ3n) is 3.58. The van der Waals surface area contributed by atoms with Crippen molar-refractivity contribution in [3.63, 3.8) is 0 Å². The van der Waals surface area contributed by atoms with E-state index in [4.69, 9.17) is 0 Å². The van der Waals surface area contributed by atoms with E-state index in [1.54, 1.807) is 0 Å². The van der Waals surface area contributed by atoms with E-state index in [9.17, 15) is 0 Å². The minimum atomic E-state index is 0. The van der Waals surface area contributed by atoms with Crippen molar-refractivity contribution in [2.75, 3.05) is 19.6 Å². The molecule has 0 amide bonds. The molecule has 1 N–H and O–H groups in total. The van der Waals surface area contributed by atoms with Gasteiger partial charge in [0.15, 0.2) is 0 Å². The van der Waals surface area contributed by atoms with E-state index in [0.29, 0.717) is 6.04 Å². The maximum atomic E-state index is 4.48. The molecule has 3 rings (SSSR count). The number of aromatic nitrogens is 2. The van der Waals surface area contributed by atoms with E-state index in [-0.39, 0.29) is 12.4 Å². The highest BCUT2D eigenvalue weighted by atomic mass is 35.5. The largest absolute Gasteiger partial charge is 0.312 e. The second-order valence-electron chi connectivity index (χ2n) is 5.27. The molecule has 0 unspecified atom stereocenters. The van der Waals surface area contributed by atoms with Crippen molar-refractivity contribution in [2.24, 2.45) is 0 Å². The highest BCUT2D eigenvalue weighted by Crippen LogP contribution is 2.12. The molecule has 3 heterocycles. The lowest BCUT2D eigenvalue weighted by Gasteiger charge is -2.31. The Hall–Kier alpha value is -1.10. The van der Waals surface area contributed by atoms with Gasteiger partial charge in [-0.3, -0.25) is 4.90 Å². The Bertz CT molecular complexity index is 551. The molecule has 0 spiro atoms. The van der Waals surface area contributed by atoms with Crippen molar-refractivity contribution in [1.82, 2.24) is 19.6 Å². The quantitative estimate of drug-likeness (QED) is 0.911. The standard InChI is InChI=1S/C14H20N4.ClH/c1-11-3-5-18-13(8-16-14(18)7-11)10-17-6-4-15-12(2)9-17;/h3,5,7-8,12,15H,4,6,9-10H2,1-2H3;1H/t12-;/m1./s1. The summed E-state index contributed by atoms with van der Waals surface area (Å²) in [6, 6.07) is 4.85. The normalized spacial score (nSPS) is 20.4. The van der Waals surface area contributed by atoms with Crippen molar-refractivity contribution in [1.29, 1.82) is 0 Å². The molecule has 1 saturated heterocycles. The molecule has 19 heavy (non-hydrogen) atoms. The lowest BCUT2D eigenvalue weighted by atomic mass is 10.2. The average molecular weight is 281 g/mol. The van der Waals surface area contributed by atoms with Crippen LogP contribution in [0.15, 0.2) is 24.5 Å². The SMILES string of the molecule is Cc1ccn2c(CN3CCN[C@H](C)C3)cnc2c1.Cl.